The van der Waals surface area contributed by atoms with Crippen molar-refractivity contribution in [1.82, 2.24) is 9.97 Å². The van der Waals surface area contributed by atoms with E-state index in [2.05, 4.69) is 9.97 Å². The topological polar surface area (TPSA) is 98.7 Å². The van der Waals surface area contributed by atoms with Crippen molar-refractivity contribution in [2.45, 2.75) is 57.2 Å². The molecule has 2 aromatic rings. The molecule has 0 aliphatic heterocycles. The van der Waals surface area contributed by atoms with Gasteiger partial charge in [-0.05, 0) is 43.9 Å². The minimum absolute atomic E-state index is 0.154. The van der Waals surface area contributed by atoms with Crippen LogP contribution in [-0.4, -0.2) is 43.3 Å². The number of ether oxygens (including phenoxy) is 2. The monoisotopic (exact) mass is 447 g/mol. The molecule has 1 heterocycles. The van der Waals surface area contributed by atoms with Gasteiger partial charge in [0.05, 0.1) is 31.9 Å². The predicted molar refractivity (Wildman–Crippen MR) is 117 cm³/mol. The molecule has 1 fully saturated rings. The largest absolute Gasteiger partial charge is 0.497 e. The number of anilines is 1. The summed E-state index contributed by atoms with van der Waals surface area (Å²) in [6.07, 6.45) is 3.65. The maximum Gasteiger partial charge on any atom is 0.306 e. The summed E-state index contributed by atoms with van der Waals surface area (Å²) in [4.78, 5) is 20.8. The van der Waals surface area contributed by atoms with Crippen molar-refractivity contribution < 1.29 is 22.7 Å². The summed E-state index contributed by atoms with van der Waals surface area (Å²) in [6, 6.07) is 8.88. The average molecular weight is 448 g/mol. The number of carbonyl (C=O) groups excluding carboxylic acids is 1. The fourth-order valence-corrected chi connectivity index (χ4v) is 5.07. The quantitative estimate of drug-likeness (QED) is 0.487. The molecule has 0 radical (unpaired) electrons. The van der Waals surface area contributed by atoms with Gasteiger partial charge < -0.3 is 9.47 Å². The van der Waals surface area contributed by atoms with Crippen LogP contribution in [0.5, 0.6) is 5.75 Å². The first-order valence-electron chi connectivity index (χ1n) is 10.5. The maximum absolute atomic E-state index is 13.2. The van der Waals surface area contributed by atoms with E-state index >= 15 is 0 Å². The van der Waals surface area contributed by atoms with Crippen molar-refractivity contribution in [3.05, 3.63) is 47.9 Å². The second-order valence-electron chi connectivity index (χ2n) is 7.49. The Kier molecular flexibility index (Phi) is 7.48. The molecule has 3 rings (SSSR count). The molecule has 1 aliphatic rings. The Balaban J connectivity index is 1.91. The Morgan fingerprint density at radius 1 is 1.19 bits per heavy atom. The van der Waals surface area contributed by atoms with Gasteiger partial charge in [0, 0.05) is 18.2 Å². The van der Waals surface area contributed by atoms with Crippen LogP contribution in [0.2, 0.25) is 0 Å². The van der Waals surface area contributed by atoms with E-state index in [0.717, 1.165) is 5.56 Å². The number of benzene rings is 1. The van der Waals surface area contributed by atoms with Crippen LogP contribution in [0.4, 0.5) is 5.82 Å². The van der Waals surface area contributed by atoms with Crippen molar-refractivity contribution in [2.75, 3.05) is 18.0 Å². The number of hydrogen-bond acceptors (Lipinski definition) is 7. The lowest BCUT2D eigenvalue weighted by Gasteiger charge is -2.24. The number of aromatic nitrogens is 2. The molecule has 31 heavy (non-hydrogen) atoms. The van der Waals surface area contributed by atoms with Crippen molar-refractivity contribution in [3.8, 4) is 5.75 Å². The smallest absolute Gasteiger partial charge is 0.306 e. The van der Waals surface area contributed by atoms with Crippen molar-refractivity contribution in [1.29, 1.82) is 0 Å². The highest BCUT2D eigenvalue weighted by Crippen LogP contribution is 2.34. The van der Waals surface area contributed by atoms with Crippen molar-refractivity contribution >= 4 is 21.8 Å². The highest BCUT2D eigenvalue weighted by Gasteiger charge is 2.41. The third kappa shape index (κ3) is 5.72. The lowest BCUT2D eigenvalue weighted by Crippen LogP contribution is -2.34. The fraction of sp³-hybridized carbons (Fsp3) is 0.500. The van der Waals surface area contributed by atoms with Crippen LogP contribution < -0.4 is 9.04 Å². The molecule has 9 heteroatoms. The minimum Gasteiger partial charge on any atom is -0.497 e. The molecular weight excluding hydrogens is 418 g/mol. The van der Waals surface area contributed by atoms with Crippen LogP contribution in [-0.2, 0) is 26.1 Å². The molecule has 0 saturated heterocycles. The Morgan fingerprint density at radius 2 is 1.90 bits per heavy atom. The van der Waals surface area contributed by atoms with Crippen LogP contribution in [0.15, 0.2) is 36.5 Å². The third-order valence-corrected chi connectivity index (χ3v) is 7.47. The number of rotatable bonds is 11. The van der Waals surface area contributed by atoms with E-state index in [-0.39, 0.29) is 30.1 Å². The first-order chi connectivity index (χ1) is 14.9. The molecule has 1 aromatic heterocycles. The van der Waals surface area contributed by atoms with E-state index in [0.29, 0.717) is 43.3 Å². The van der Waals surface area contributed by atoms with Gasteiger partial charge in [-0.3, -0.25) is 4.79 Å². The SMILES string of the molecule is CCOC(=O)CC(CC)c1nccc(N(Cc2ccc(OC)cc2)S(=O)(=O)C2CC2)n1. The van der Waals surface area contributed by atoms with E-state index in [4.69, 9.17) is 9.47 Å². The normalized spacial score (nSPS) is 14.7. The zero-order valence-corrected chi connectivity index (χ0v) is 19.0. The molecule has 1 saturated carbocycles. The summed E-state index contributed by atoms with van der Waals surface area (Å²) in [6.45, 7) is 4.17. The number of methoxy groups -OCH3 is 1. The van der Waals surface area contributed by atoms with Crippen LogP contribution in [0.3, 0.4) is 0 Å². The third-order valence-electron chi connectivity index (χ3n) is 5.23. The molecule has 0 bridgehead atoms. The van der Waals surface area contributed by atoms with E-state index in [1.54, 1.807) is 38.4 Å². The zero-order valence-electron chi connectivity index (χ0n) is 18.2. The molecule has 1 unspecified atom stereocenters. The predicted octanol–water partition coefficient (Wildman–Crippen LogP) is 3.43. The number of esters is 1. The second kappa shape index (κ2) is 10.1. The summed E-state index contributed by atoms with van der Waals surface area (Å²) >= 11 is 0. The summed E-state index contributed by atoms with van der Waals surface area (Å²) in [7, 11) is -1.97. The van der Waals surface area contributed by atoms with Gasteiger partial charge in [0.1, 0.15) is 17.4 Å². The number of carbonyl (C=O) groups is 1. The highest BCUT2D eigenvalue weighted by molar-refractivity contribution is 7.93. The van der Waals surface area contributed by atoms with E-state index in [1.807, 2.05) is 19.1 Å². The molecule has 0 N–H and O–H groups in total. The van der Waals surface area contributed by atoms with Gasteiger partial charge in [0.25, 0.3) is 0 Å². The maximum atomic E-state index is 13.2. The Bertz CT molecular complexity index is 990. The van der Waals surface area contributed by atoms with Gasteiger partial charge in [-0.1, -0.05) is 19.1 Å². The molecule has 0 amide bonds. The minimum atomic E-state index is -3.56. The Hall–Kier alpha value is -2.68. The second-order valence-corrected chi connectivity index (χ2v) is 9.62. The fourth-order valence-electron chi connectivity index (χ4n) is 3.28. The highest BCUT2D eigenvalue weighted by atomic mass is 32.2. The zero-order chi connectivity index (χ0) is 22.4. The van der Waals surface area contributed by atoms with Crippen LogP contribution >= 0.6 is 0 Å². The van der Waals surface area contributed by atoms with Crippen LogP contribution in [0, 0.1) is 0 Å². The number of hydrogen-bond donors (Lipinski definition) is 0. The number of nitrogens with zero attached hydrogens (tertiary/aromatic N) is 3. The molecule has 1 aromatic carbocycles. The average Bonchev–Trinajstić information content (AvgIpc) is 3.62. The molecule has 0 spiro atoms. The van der Waals surface area contributed by atoms with Gasteiger partial charge in [0.15, 0.2) is 0 Å². The summed E-state index contributed by atoms with van der Waals surface area (Å²) < 4.78 is 38.0. The molecule has 168 valence electrons. The van der Waals surface area contributed by atoms with Gasteiger partial charge >= 0.3 is 5.97 Å². The number of sulfonamides is 1. The van der Waals surface area contributed by atoms with Gasteiger partial charge in [-0.15, -0.1) is 0 Å². The Labute approximate surface area is 183 Å². The van der Waals surface area contributed by atoms with E-state index < -0.39 is 10.0 Å². The van der Waals surface area contributed by atoms with Gasteiger partial charge in [0.2, 0.25) is 10.0 Å². The van der Waals surface area contributed by atoms with E-state index in [1.165, 1.54) is 4.31 Å². The van der Waals surface area contributed by atoms with Crippen LogP contribution in [0.1, 0.15) is 56.8 Å². The van der Waals surface area contributed by atoms with Crippen LogP contribution in [0.25, 0.3) is 0 Å². The summed E-state index contributed by atoms with van der Waals surface area (Å²) in [5.74, 6) is 0.901. The van der Waals surface area contributed by atoms with Gasteiger partial charge in [-0.2, -0.15) is 0 Å². The van der Waals surface area contributed by atoms with Crippen molar-refractivity contribution in [2.24, 2.45) is 0 Å². The molecule has 1 atom stereocenters. The standard InChI is InChI=1S/C22H29N3O5S/c1-4-17(14-21(26)30-5-2)22-23-13-12-20(24-22)25(31(27,28)19-10-11-19)15-16-6-8-18(29-3)9-7-16/h6-9,12-13,17,19H,4-5,10-11,14-15H2,1-3H3. The molecular formula is C22H29N3O5S. The summed E-state index contributed by atoms with van der Waals surface area (Å²) in [5, 5.41) is -0.384. The van der Waals surface area contributed by atoms with Gasteiger partial charge in [-0.25, -0.2) is 22.7 Å². The first kappa shape index (κ1) is 23.0. The first-order valence-corrected chi connectivity index (χ1v) is 12.0. The molecule has 1 aliphatic carbocycles. The lowest BCUT2D eigenvalue weighted by molar-refractivity contribution is -0.143. The molecule has 8 nitrogen and oxygen atoms in total. The van der Waals surface area contributed by atoms with E-state index in [9.17, 15) is 13.2 Å². The van der Waals surface area contributed by atoms with Crippen molar-refractivity contribution in [3.63, 3.8) is 0 Å². The Morgan fingerprint density at radius 3 is 2.48 bits per heavy atom. The summed E-state index contributed by atoms with van der Waals surface area (Å²) in [5.41, 5.74) is 0.823. The lowest BCUT2D eigenvalue weighted by atomic mass is 10.0.